The van der Waals surface area contributed by atoms with Gasteiger partial charge in [-0.3, -0.25) is 9.59 Å². The molecule has 4 nitrogen and oxygen atoms in total. The van der Waals surface area contributed by atoms with Crippen molar-refractivity contribution in [3.05, 3.63) is 101 Å². The predicted molar refractivity (Wildman–Crippen MR) is 131 cm³/mol. The lowest BCUT2D eigenvalue weighted by atomic mass is 10.0. The highest BCUT2D eigenvalue weighted by Crippen LogP contribution is 2.35. The smallest absolute Gasteiger partial charge is 0.197 e. The van der Waals surface area contributed by atoms with Crippen LogP contribution in [0.2, 0.25) is 0 Å². The maximum Gasteiger partial charge on any atom is 0.197 e. The molecule has 160 valence electrons. The molecule has 0 unspecified atom stereocenters. The van der Waals surface area contributed by atoms with Crippen LogP contribution in [0.15, 0.2) is 88.9 Å². The van der Waals surface area contributed by atoms with Gasteiger partial charge in [-0.25, -0.2) is 0 Å². The minimum Gasteiger partial charge on any atom is -0.454 e. The number of ketones is 2. The first kappa shape index (κ1) is 19.5. The van der Waals surface area contributed by atoms with Crippen LogP contribution in [0.5, 0.6) is 0 Å². The minimum atomic E-state index is -0.223. The monoisotopic (exact) mass is 431 g/mol. The number of rotatable bonds is 3. The second-order valence-corrected chi connectivity index (χ2v) is 8.72. The van der Waals surface area contributed by atoms with Crippen LogP contribution in [0.4, 0.5) is 0 Å². The van der Waals surface area contributed by atoms with E-state index in [1.54, 1.807) is 6.08 Å². The highest BCUT2D eigenvalue weighted by molar-refractivity contribution is 6.42. The number of allylic oxidation sites excluding steroid dienone is 1. The summed E-state index contributed by atoms with van der Waals surface area (Å²) < 4.78 is 8.25. The predicted octanol–water partition coefficient (Wildman–Crippen LogP) is 7.10. The van der Waals surface area contributed by atoms with Crippen LogP contribution in [0, 0.1) is 0 Å². The van der Waals surface area contributed by atoms with Gasteiger partial charge >= 0.3 is 0 Å². The molecule has 0 amide bonds. The summed E-state index contributed by atoms with van der Waals surface area (Å²) in [4.78, 5) is 26.4. The molecule has 0 radical (unpaired) electrons. The van der Waals surface area contributed by atoms with Crippen LogP contribution in [0.1, 0.15) is 46.3 Å². The summed E-state index contributed by atoms with van der Waals surface area (Å²) >= 11 is 0. The normalized spacial score (nSPS) is 13.5. The zero-order chi connectivity index (χ0) is 22.7. The molecule has 0 atom stereocenters. The van der Waals surface area contributed by atoms with Crippen molar-refractivity contribution in [1.29, 1.82) is 0 Å². The summed E-state index contributed by atoms with van der Waals surface area (Å²) in [5.74, 6) is 0.346. The van der Waals surface area contributed by atoms with Gasteiger partial charge in [0.1, 0.15) is 5.76 Å². The van der Waals surface area contributed by atoms with Gasteiger partial charge in [0.15, 0.2) is 17.1 Å². The van der Waals surface area contributed by atoms with E-state index in [-0.39, 0.29) is 23.2 Å². The molecular weight excluding hydrogens is 410 g/mol. The average molecular weight is 431 g/mol. The Kier molecular flexibility index (Phi) is 4.24. The molecule has 0 fully saturated rings. The van der Waals surface area contributed by atoms with E-state index in [2.05, 4.69) is 18.4 Å². The second-order valence-electron chi connectivity index (χ2n) is 8.72. The van der Waals surface area contributed by atoms with E-state index in [4.69, 9.17) is 4.42 Å². The Balaban J connectivity index is 1.47. The lowest BCUT2D eigenvalue weighted by molar-refractivity contribution is 0.0990. The number of fused-ring (bicyclic) bond motifs is 3. The van der Waals surface area contributed by atoms with Gasteiger partial charge in [-0.1, -0.05) is 54.6 Å². The number of aromatic nitrogens is 1. The molecule has 1 aliphatic rings. The van der Waals surface area contributed by atoms with Gasteiger partial charge in [-0.15, -0.1) is 0 Å². The number of benzene rings is 3. The van der Waals surface area contributed by atoms with Gasteiger partial charge in [0, 0.05) is 40.6 Å². The van der Waals surface area contributed by atoms with Crippen LogP contribution in [0.25, 0.3) is 39.3 Å². The van der Waals surface area contributed by atoms with Gasteiger partial charge in [0.25, 0.3) is 0 Å². The number of furan rings is 1. The molecule has 0 saturated carbocycles. The number of nitrogens with zero attached hydrogens (tertiary/aromatic N) is 1. The Morgan fingerprint density at radius 2 is 1.39 bits per heavy atom. The average Bonchev–Trinajstić information content (AvgIpc) is 3.44. The first-order valence-electron chi connectivity index (χ1n) is 11.1. The fraction of sp³-hybridized carbons (Fsp3) is 0.103. The molecular formula is C29H21NO3. The van der Waals surface area contributed by atoms with Gasteiger partial charge in [-0.2, -0.15) is 0 Å². The lowest BCUT2D eigenvalue weighted by Gasteiger charge is -2.12. The standard InChI is InChI=1S/C29H21NO3/c1-17(2)30-21(15-27-25(30)16-26(33-27)18-8-4-3-5-9-18)14-24-28(31)22-12-19-10-6-7-11-20(19)13-23(22)29(24)32/h3-17H,1-2H3. The van der Waals surface area contributed by atoms with Gasteiger partial charge < -0.3 is 8.98 Å². The van der Waals surface area contributed by atoms with Crippen molar-refractivity contribution in [2.75, 3.05) is 0 Å². The molecule has 0 spiro atoms. The van der Waals surface area contributed by atoms with Crippen molar-refractivity contribution in [3.63, 3.8) is 0 Å². The Morgan fingerprint density at radius 3 is 2.00 bits per heavy atom. The molecule has 4 heteroatoms. The fourth-order valence-electron chi connectivity index (χ4n) is 4.75. The largest absolute Gasteiger partial charge is 0.454 e. The van der Waals surface area contributed by atoms with E-state index < -0.39 is 0 Å². The SMILES string of the molecule is CC(C)n1c(C=C2C(=O)c3cc4ccccc4cc3C2=O)cc2oc(-c3ccccc3)cc21. The molecule has 2 aromatic heterocycles. The molecule has 33 heavy (non-hydrogen) atoms. The summed E-state index contributed by atoms with van der Waals surface area (Å²) in [5.41, 5.74) is 4.61. The molecule has 3 aromatic carbocycles. The minimum absolute atomic E-state index is 0.118. The van der Waals surface area contributed by atoms with Gasteiger partial charge in [0.2, 0.25) is 0 Å². The Morgan fingerprint density at radius 1 is 0.788 bits per heavy atom. The third kappa shape index (κ3) is 2.99. The third-order valence-corrected chi connectivity index (χ3v) is 6.29. The van der Waals surface area contributed by atoms with Crippen molar-refractivity contribution >= 4 is 39.5 Å². The van der Waals surface area contributed by atoms with Crippen LogP contribution >= 0.6 is 0 Å². The molecule has 0 N–H and O–H groups in total. The number of carbonyl (C=O) groups is 2. The van der Waals surface area contributed by atoms with Crippen LogP contribution in [0.3, 0.4) is 0 Å². The summed E-state index contributed by atoms with van der Waals surface area (Å²) in [6.07, 6.45) is 1.72. The van der Waals surface area contributed by atoms with Crippen molar-refractivity contribution in [2.45, 2.75) is 19.9 Å². The van der Waals surface area contributed by atoms with Crippen molar-refractivity contribution in [3.8, 4) is 11.3 Å². The van der Waals surface area contributed by atoms with E-state index in [1.165, 1.54) is 0 Å². The fourth-order valence-corrected chi connectivity index (χ4v) is 4.75. The molecule has 5 aromatic rings. The third-order valence-electron chi connectivity index (χ3n) is 6.29. The van der Waals surface area contributed by atoms with E-state index in [9.17, 15) is 9.59 Å². The van der Waals surface area contributed by atoms with Crippen LogP contribution in [-0.4, -0.2) is 16.1 Å². The zero-order valence-corrected chi connectivity index (χ0v) is 18.3. The number of carbonyl (C=O) groups excluding carboxylic acids is 2. The molecule has 0 bridgehead atoms. The molecule has 1 aliphatic carbocycles. The number of hydrogen-bond donors (Lipinski definition) is 0. The van der Waals surface area contributed by atoms with Crippen molar-refractivity contribution < 1.29 is 14.0 Å². The van der Waals surface area contributed by atoms with Crippen LogP contribution < -0.4 is 0 Å². The summed E-state index contributed by atoms with van der Waals surface area (Å²) in [6.45, 7) is 4.16. The van der Waals surface area contributed by atoms with E-state index in [1.807, 2.05) is 78.9 Å². The summed E-state index contributed by atoms with van der Waals surface area (Å²) in [6, 6.07) is 25.4. The highest BCUT2D eigenvalue weighted by Gasteiger charge is 2.34. The van der Waals surface area contributed by atoms with E-state index in [0.717, 1.165) is 38.9 Å². The number of hydrogen-bond acceptors (Lipinski definition) is 3. The molecule has 6 rings (SSSR count). The maximum absolute atomic E-state index is 13.2. The molecule has 0 saturated heterocycles. The molecule has 0 aliphatic heterocycles. The Hall–Kier alpha value is -4.18. The quantitative estimate of drug-likeness (QED) is 0.226. The van der Waals surface area contributed by atoms with Crippen LogP contribution in [-0.2, 0) is 0 Å². The van der Waals surface area contributed by atoms with Crippen molar-refractivity contribution in [1.82, 2.24) is 4.57 Å². The second kappa shape index (κ2) is 7.17. The molecule has 2 heterocycles. The topological polar surface area (TPSA) is 52.2 Å². The van der Waals surface area contributed by atoms with Crippen molar-refractivity contribution in [2.24, 2.45) is 0 Å². The maximum atomic E-state index is 13.2. The van der Waals surface area contributed by atoms with E-state index in [0.29, 0.717) is 11.1 Å². The van der Waals surface area contributed by atoms with Gasteiger partial charge in [-0.05, 0) is 42.8 Å². The number of Topliss-reactive ketones (excluding diaryl/α,β-unsaturated/α-hetero) is 2. The first-order chi connectivity index (χ1) is 16.0. The highest BCUT2D eigenvalue weighted by atomic mass is 16.3. The summed E-state index contributed by atoms with van der Waals surface area (Å²) in [5, 5.41) is 1.91. The lowest BCUT2D eigenvalue weighted by Crippen LogP contribution is -2.05. The summed E-state index contributed by atoms with van der Waals surface area (Å²) in [7, 11) is 0. The van der Waals surface area contributed by atoms with Gasteiger partial charge in [0.05, 0.1) is 11.1 Å². The Bertz CT molecular complexity index is 1560. The van der Waals surface area contributed by atoms with E-state index >= 15 is 0 Å². The Labute approximate surface area is 190 Å². The first-order valence-corrected chi connectivity index (χ1v) is 11.1. The zero-order valence-electron chi connectivity index (χ0n) is 18.3.